The Balaban J connectivity index is 2.19. The molecule has 0 radical (unpaired) electrons. The number of hydrogen-bond donors (Lipinski definition) is 3. The summed E-state index contributed by atoms with van der Waals surface area (Å²) in [6.07, 6.45) is 3.37. The fraction of sp³-hybridized carbons (Fsp3) is 0.600. The van der Waals surface area contributed by atoms with Crippen LogP contribution >= 0.6 is 0 Å². The highest BCUT2D eigenvalue weighted by atomic mass is 16.4. The summed E-state index contributed by atoms with van der Waals surface area (Å²) in [5.74, 6) is -1.27. The maximum Gasteiger partial charge on any atom is 0.332 e. The molecule has 1 aliphatic heterocycles. The zero-order valence-electron chi connectivity index (χ0n) is 8.93. The van der Waals surface area contributed by atoms with Crippen molar-refractivity contribution < 1.29 is 19.8 Å². The van der Waals surface area contributed by atoms with Crippen molar-refractivity contribution in [2.75, 3.05) is 19.6 Å². The standard InChI is InChI=1S/C10H16N2O4/c13-8(9(14)15)4-5-11-10(16)12-6-2-1-3-7-12/h1-2,8,13H,3-7H2,(H,11,16)(H,14,15). The second-order valence-electron chi connectivity index (χ2n) is 3.58. The van der Waals surface area contributed by atoms with Gasteiger partial charge in [0, 0.05) is 26.1 Å². The first-order valence-corrected chi connectivity index (χ1v) is 5.20. The van der Waals surface area contributed by atoms with E-state index >= 15 is 0 Å². The number of carbonyl (C=O) groups excluding carboxylic acids is 1. The van der Waals surface area contributed by atoms with Crippen LogP contribution in [0.4, 0.5) is 4.79 Å². The number of nitrogens with zero attached hydrogens (tertiary/aromatic N) is 1. The molecule has 0 aromatic rings. The van der Waals surface area contributed by atoms with Gasteiger partial charge in [0.25, 0.3) is 0 Å². The van der Waals surface area contributed by atoms with E-state index in [0.29, 0.717) is 13.1 Å². The van der Waals surface area contributed by atoms with Crippen LogP contribution < -0.4 is 5.32 Å². The van der Waals surface area contributed by atoms with Crippen LogP contribution in [0.1, 0.15) is 12.8 Å². The number of aliphatic carboxylic acids is 1. The average molecular weight is 228 g/mol. The number of aliphatic hydroxyl groups is 1. The van der Waals surface area contributed by atoms with E-state index in [2.05, 4.69) is 5.32 Å². The number of hydrogen-bond acceptors (Lipinski definition) is 3. The summed E-state index contributed by atoms with van der Waals surface area (Å²) in [4.78, 5) is 23.4. The molecule has 1 atom stereocenters. The van der Waals surface area contributed by atoms with Gasteiger partial charge in [-0.25, -0.2) is 9.59 Å². The lowest BCUT2D eigenvalue weighted by Crippen LogP contribution is -2.42. The minimum atomic E-state index is -1.42. The summed E-state index contributed by atoms with van der Waals surface area (Å²) >= 11 is 0. The number of urea groups is 1. The van der Waals surface area contributed by atoms with Crippen molar-refractivity contribution in [1.82, 2.24) is 10.2 Å². The van der Waals surface area contributed by atoms with E-state index in [1.54, 1.807) is 4.90 Å². The molecule has 6 heteroatoms. The first-order chi connectivity index (χ1) is 7.61. The molecular formula is C10H16N2O4. The normalized spacial score (nSPS) is 16.9. The van der Waals surface area contributed by atoms with Gasteiger partial charge in [0.1, 0.15) is 0 Å². The van der Waals surface area contributed by atoms with E-state index in [9.17, 15) is 9.59 Å². The predicted octanol–water partition coefficient (Wildman–Crippen LogP) is -0.206. The Kier molecular flexibility index (Phi) is 4.78. The van der Waals surface area contributed by atoms with Crippen molar-refractivity contribution in [3.8, 4) is 0 Å². The van der Waals surface area contributed by atoms with Gasteiger partial charge in [0.05, 0.1) is 0 Å². The minimum absolute atomic E-state index is 0.0186. The third-order valence-electron chi connectivity index (χ3n) is 2.32. The van der Waals surface area contributed by atoms with Gasteiger partial charge in [-0.1, -0.05) is 12.2 Å². The number of carboxylic acids is 1. The zero-order chi connectivity index (χ0) is 12.0. The van der Waals surface area contributed by atoms with Gasteiger partial charge < -0.3 is 20.4 Å². The van der Waals surface area contributed by atoms with E-state index < -0.39 is 12.1 Å². The molecule has 1 aliphatic rings. The largest absolute Gasteiger partial charge is 0.479 e. The molecule has 0 saturated carbocycles. The fourth-order valence-electron chi connectivity index (χ4n) is 1.38. The zero-order valence-corrected chi connectivity index (χ0v) is 8.93. The molecule has 0 aromatic carbocycles. The van der Waals surface area contributed by atoms with Crippen LogP contribution in [0.5, 0.6) is 0 Å². The molecule has 0 fully saturated rings. The first-order valence-electron chi connectivity index (χ1n) is 5.20. The van der Waals surface area contributed by atoms with Gasteiger partial charge in [0.2, 0.25) is 0 Å². The van der Waals surface area contributed by atoms with Gasteiger partial charge in [-0.2, -0.15) is 0 Å². The fourth-order valence-corrected chi connectivity index (χ4v) is 1.38. The highest BCUT2D eigenvalue weighted by molar-refractivity contribution is 5.75. The second kappa shape index (κ2) is 6.12. The molecule has 0 saturated heterocycles. The topological polar surface area (TPSA) is 89.9 Å². The lowest BCUT2D eigenvalue weighted by molar-refractivity contribution is -0.146. The highest BCUT2D eigenvalue weighted by Crippen LogP contribution is 2.01. The van der Waals surface area contributed by atoms with Crippen molar-refractivity contribution in [1.29, 1.82) is 0 Å². The number of amides is 2. The van der Waals surface area contributed by atoms with Crippen LogP contribution in [0.2, 0.25) is 0 Å². The smallest absolute Gasteiger partial charge is 0.332 e. The van der Waals surface area contributed by atoms with E-state index in [1.807, 2.05) is 12.2 Å². The van der Waals surface area contributed by atoms with E-state index in [-0.39, 0.29) is 19.0 Å². The van der Waals surface area contributed by atoms with Gasteiger partial charge >= 0.3 is 12.0 Å². The van der Waals surface area contributed by atoms with Gasteiger partial charge in [-0.05, 0) is 6.42 Å². The lowest BCUT2D eigenvalue weighted by atomic mass is 10.2. The lowest BCUT2D eigenvalue weighted by Gasteiger charge is -2.23. The second-order valence-corrected chi connectivity index (χ2v) is 3.58. The number of rotatable bonds is 4. The molecule has 0 spiro atoms. The van der Waals surface area contributed by atoms with Crippen LogP contribution in [0.15, 0.2) is 12.2 Å². The van der Waals surface area contributed by atoms with E-state index in [4.69, 9.17) is 10.2 Å². The van der Waals surface area contributed by atoms with Crippen LogP contribution in [0.25, 0.3) is 0 Å². The molecule has 90 valence electrons. The molecule has 3 N–H and O–H groups in total. The third-order valence-corrected chi connectivity index (χ3v) is 2.32. The van der Waals surface area contributed by atoms with Crippen LogP contribution in [-0.2, 0) is 4.79 Å². The summed E-state index contributed by atoms with van der Waals surface area (Å²) in [5.41, 5.74) is 0. The maximum atomic E-state index is 11.5. The molecular weight excluding hydrogens is 212 g/mol. The summed E-state index contributed by atoms with van der Waals surface area (Å²) < 4.78 is 0. The number of aliphatic hydroxyl groups excluding tert-OH is 1. The molecule has 0 aliphatic carbocycles. The number of carbonyl (C=O) groups is 2. The molecule has 6 nitrogen and oxygen atoms in total. The summed E-state index contributed by atoms with van der Waals surface area (Å²) in [5, 5.41) is 20.0. The molecule has 1 rings (SSSR count). The van der Waals surface area contributed by atoms with Crippen molar-refractivity contribution in [2.24, 2.45) is 0 Å². The third kappa shape index (κ3) is 3.90. The Hall–Kier alpha value is -1.56. The summed E-state index contributed by atoms with van der Waals surface area (Å²) in [7, 11) is 0. The highest BCUT2D eigenvalue weighted by Gasteiger charge is 2.15. The monoisotopic (exact) mass is 228 g/mol. The Bertz CT molecular complexity index is 291. The van der Waals surface area contributed by atoms with Crippen LogP contribution in [-0.4, -0.2) is 52.9 Å². The Morgan fingerprint density at radius 3 is 2.75 bits per heavy atom. The Morgan fingerprint density at radius 2 is 2.19 bits per heavy atom. The molecule has 1 unspecified atom stereocenters. The number of nitrogens with one attached hydrogen (secondary N) is 1. The minimum Gasteiger partial charge on any atom is -0.479 e. The van der Waals surface area contributed by atoms with Crippen molar-refractivity contribution in [3.63, 3.8) is 0 Å². The van der Waals surface area contributed by atoms with Crippen LogP contribution in [0, 0.1) is 0 Å². The van der Waals surface area contributed by atoms with Crippen LogP contribution in [0.3, 0.4) is 0 Å². The average Bonchev–Trinajstić information content (AvgIpc) is 2.29. The first kappa shape index (κ1) is 12.5. The molecule has 1 heterocycles. The molecule has 16 heavy (non-hydrogen) atoms. The number of carboxylic acid groups (broad SMARTS) is 1. The van der Waals surface area contributed by atoms with Gasteiger partial charge in [-0.3, -0.25) is 0 Å². The molecule has 0 bridgehead atoms. The summed E-state index contributed by atoms with van der Waals surface area (Å²) in [6.45, 7) is 1.41. The van der Waals surface area contributed by atoms with Crippen molar-refractivity contribution in [3.05, 3.63) is 12.2 Å². The Labute approximate surface area is 93.5 Å². The predicted molar refractivity (Wildman–Crippen MR) is 57.0 cm³/mol. The quantitative estimate of drug-likeness (QED) is 0.581. The van der Waals surface area contributed by atoms with Gasteiger partial charge in [-0.15, -0.1) is 0 Å². The molecule has 0 aromatic heterocycles. The summed E-state index contributed by atoms with van der Waals surface area (Å²) in [6, 6.07) is -0.220. The van der Waals surface area contributed by atoms with E-state index in [1.165, 1.54) is 0 Å². The molecule has 2 amide bonds. The van der Waals surface area contributed by atoms with Gasteiger partial charge in [0.15, 0.2) is 6.10 Å². The van der Waals surface area contributed by atoms with E-state index in [0.717, 1.165) is 6.42 Å². The van der Waals surface area contributed by atoms with Crippen molar-refractivity contribution in [2.45, 2.75) is 18.9 Å². The SMILES string of the molecule is O=C(O)C(O)CCNC(=O)N1CC=CCC1. The van der Waals surface area contributed by atoms with Crippen molar-refractivity contribution >= 4 is 12.0 Å². The Morgan fingerprint density at radius 1 is 1.44 bits per heavy atom. The maximum absolute atomic E-state index is 11.5.